The Kier molecular flexibility index (Phi) is 3.51. The molecule has 0 aliphatic carbocycles. The minimum atomic E-state index is -0.540. The van der Waals surface area contributed by atoms with E-state index in [4.69, 9.17) is 0 Å². The van der Waals surface area contributed by atoms with Gasteiger partial charge in [0.25, 0.3) is 5.69 Å². The molecule has 0 amide bonds. The number of nitrogens with zero attached hydrogens (tertiary/aromatic N) is 2. The highest BCUT2D eigenvalue weighted by molar-refractivity contribution is 5.97. The van der Waals surface area contributed by atoms with Gasteiger partial charge in [-0.1, -0.05) is 0 Å². The second kappa shape index (κ2) is 5.26. The molecule has 1 aromatic carbocycles. The van der Waals surface area contributed by atoms with Crippen molar-refractivity contribution in [2.45, 2.75) is 0 Å². The second-order valence-corrected chi connectivity index (χ2v) is 3.71. The summed E-state index contributed by atoms with van der Waals surface area (Å²) in [6.07, 6.45) is 3.10. The van der Waals surface area contributed by atoms with Crippen molar-refractivity contribution < 1.29 is 14.5 Å². The first-order valence-electron chi connectivity index (χ1n) is 5.40. The molecule has 0 unspecified atom stereocenters. The van der Waals surface area contributed by atoms with Gasteiger partial charge in [-0.25, -0.2) is 4.79 Å². The predicted molar refractivity (Wildman–Crippen MR) is 67.7 cm³/mol. The van der Waals surface area contributed by atoms with E-state index in [2.05, 4.69) is 9.72 Å². The highest BCUT2D eigenvalue weighted by Crippen LogP contribution is 2.28. The van der Waals surface area contributed by atoms with Crippen LogP contribution < -0.4 is 0 Å². The van der Waals surface area contributed by atoms with Crippen molar-refractivity contribution in [1.29, 1.82) is 0 Å². The molecule has 0 aliphatic heterocycles. The van der Waals surface area contributed by atoms with Crippen molar-refractivity contribution in [3.63, 3.8) is 0 Å². The van der Waals surface area contributed by atoms with Crippen LogP contribution in [0.25, 0.3) is 11.1 Å². The lowest BCUT2D eigenvalue weighted by Crippen LogP contribution is -2.04. The van der Waals surface area contributed by atoms with Gasteiger partial charge in [-0.3, -0.25) is 15.1 Å². The van der Waals surface area contributed by atoms with Gasteiger partial charge in [0.2, 0.25) is 0 Å². The van der Waals surface area contributed by atoms with Gasteiger partial charge in [-0.15, -0.1) is 0 Å². The van der Waals surface area contributed by atoms with E-state index >= 15 is 0 Å². The second-order valence-electron chi connectivity index (χ2n) is 3.71. The molecule has 0 atom stereocenters. The summed E-state index contributed by atoms with van der Waals surface area (Å²) >= 11 is 0. The SMILES string of the molecule is COC(=O)c1ccc([N+](=O)[O-])cc1-c1ccncc1. The first-order chi connectivity index (χ1) is 9.13. The lowest BCUT2D eigenvalue weighted by Gasteiger charge is -2.07. The monoisotopic (exact) mass is 258 g/mol. The molecule has 6 nitrogen and oxygen atoms in total. The van der Waals surface area contributed by atoms with E-state index in [1.807, 2.05) is 0 Å². The number of non-ortho nitro benzene ring substituents is 1. The van der Waals surface area contributed by atoms with Crippen molar-refractivity contribution in [1.82, 2.24) is 4.98 Å². The molecular formula is C13H10N2O4. The Bertz CT molecular complexity index is 626. The van der Waals surface area contributed by atoms with E-state index in [1.165, 1.54) is 25.3 Å². The smallest absolute Gasteiger partial charge is 0.338 e. The summed E-state index contributed by atoms with van der Waals surface area (Å²) in [5, 5.41) is 10.8. The molecule has 0 radical (unpaired) electrons. The number of esters is 1. The van der Waals surface area contributed by atoms with Crippen molar-refractivity contribution in [2.24, 2.45) is 0 Å². The van der Waals surface area contributed by atoms with E-state index in [-0.39, 0.29) is 11.3 Å². The van der Waals surface area contributed by atoms with Gasteiger partial charge in [0.15, 0.2) is 0 Å². The molecule has 0 aliphatic rings. The number of carbonyl (C=O) groups is 1. The molecule has 0 bridgehead atoms. The normalized spacial score (nSPS) is 9.95. The van der Waals surface area contributed by atoms with Crippen LogP contribution in [0.3, 0.4) is 0 Å². The number of hydrogen-bond donors (Lipinski definition) is 0. The maximum atomic E-state index is 11.7. The van der Waals surface area contributed by atoms with Crippen LogP contribution >= 0.6 is 0 Å². The Balaban J connectivity index is 2.63. The molecule has 2 rings (SSSR count). The fourth-order valence-electron chi connectivity index (χ4n) is 1.70. The zero-order valence-corrected chi connectivity index (χ0v) is 10.1. The zero-order valence-electron chi connectivity index (χ0n) is 10.1. The molecule has 0 N–H and O–H groups in total. The van der Waals surface area contributed by atoms with Crippen molar-refractivity contribution in [2.75, 3.05) is 7.11 Å². The number of hydrogen-bond acceptors (Lipinski definition) is 5. The number of ether oxygens (including phenoxy) is 1. The summed E-state index contributed by atoms with van der Waals surface area (Å²) in [6, 6.07) is 7.36. The standard InChI is InChI=1S/C13H10N2O4/c1-19-13(16)11-3-2-10(15(17)18)8-12(11)9-4-6-14-7-5-9/h2-8H,1H3. The third kappa shape index (κ3) is 2.57. The van der Waals surface area contributed by atoms with Crippen LogP contribution in [0.5, 0.6) is 0 Å². The summed E-state index contributed by atoms with van der Waals surface area (Å²) in [6.45, 7) is 0. The number of benzene rings is 1. The summed E-state index contributed by atoms with van der Waals surface area (Å²) in [4.78, 5) is 25.9. The van der Waals surface area contributed by atoms with Gasteiger partial charge in [0, 0.05) is 30.1 Å². The van der Waals surface area contributed by atoms with Crippen molar-refractivity contribution in [3.8, 4) is 11.1 Å². The van der Waals surface area contributed by atoms with Gasteiger partial charge >= 0.3 is 5.97 Å². The number of carbonyl (C=O) groups excluding carboxylic acids is 1. The van der Waals surface area contributed by atoms with Crippen LogP contribution in [0.15, 0.2) is 42.7 Å². The van der Waals surface area contributed by atoms with Gasteiger partial charge < -0.3 is 4.74 Å². The van der Waals surface area contributed by atoms with E-state index < -0.39 is 10.9 Å². The molecule has 2 aromatic rings. The Hall–Kier alpha value is -2.76. The fraction of sp³-hybridized carbons (Fsp3) is 0.0769. The van der Waals surface area contributed by atoms with Crippen LogP contribution in [-0.2, 0) is 4.74 Å². The zero-order chi connectivity index (χ0) is 13.8. The largest absolute Gasteiger partial charge is 0.465 e. The Morgan fingerprint density at radius 1 is 1.26 bits per heavy atom. The topological polar surface area (TPSA) is 82.3 Å². The minimum Gasteiger partial charge on any atom is -0.465 e. The Morgan fingerprint density at radius 3 is 2.53 bits per heavy atom. The number of aromatic nitrogens is 1. The Morgan fingerprint density at radius 2 is 1.95 bits per heavy atom. The molecule has 0 spiro atoms. The number of nitro benzene ring substituents is 1. The molecule has 0 saturated heterocycles. The quantitative estimate of drug-likeness (QED) is 0.479. The molecular weight excluding hydrogens is 248 g/mol. The molecule has 0 saturated carbocycles. The number of methoxy groups -OCH3 is 1. The molecule has 19 heavy (non-hydrogen) atoms. The minimum absolute atomic E-state index is 0.0838. The highest BCUT2D eigenvalue weighted by atomic mass is 16.6. The lowest BCUT2D eigenvalue weighted by atomic mass is 10.00. The summed E-state index contributed by atoms with van der Waals surface area (Å²) in [7, 11) is 1.26. The first-order valence-corrected chi connectivity index (χ1v) is 5.40. The van der Waals surface area contributed by atoms with Crippen molar-refractivity contribution in [3.05, 3.63) is 58.4 Å². The van der Waals surface area contributed by atoms with Crippen LogP contribution in [0, 0.1) is 10.1 Å². The van der Waals surface area contributed by atoms with E-state index in [0.29, 0.717) is 11.1 Å². The molecule has 1 aromatic heterocycles. The van der Waals surface area contributed by atoms with E-state index in [9.17, 15) is 14.9 Å². The molecule has 1 heterocycles. The highest BCUT2D eigenvalue weighted by Gasteiger charge is 2.17. The molecule has 96 valence electrons. The first kappa shape index (κ1) is 12.7. The van der Waals surface area contributed by atoms with E-state index in [0.717, 1.165) is 0 Å². The van der Waals surface area contributed by atoms with Gasteiger partial charge in [0.1, 0.15) is 0 Å². The van der Waals surface area contributed by atoms with Crippen LogP contribution in [0.2, 0.25) is 0 Å². The average molecular weight is 258 g/mol. The molecule has 6 heteroatoms. The van der Waals surface area contributed by atoms with E-state index in [1.54, 1.807) is 24.5 Å². The van der Waals surface area contributed by atoms with Crippen LogP contribution in [0.4, 0.5) is 5.69 Å². The lowest BCUT2D eigenvalue weighted by molar-refractivity contribution is -0.384. The predicted octanol–water partition coefficient (Wildman–Crippen LogP) is 2.44. The maximum absolute atomic E-state index is 11.7. The fourth-order valence-corrected chi connectivity index (χ4v) is 1.70. The number of nitro groups is 1. The van der Waals surface area contributed by atoms with Crippen LogP contribution in [-0.4, -0.2) is 23.0 Å². The van der Waals surface area contributed by atoms with Gasteiger partial charge in [0.05, 0.1) is 17.6 Å². The summed E-state index contributed by atoms with van der Waals surface area (Å²) in [5.74, 6) is -0.540. The summed E-state index contributed by atoms with van der Waals surface area (Å²) in [5.41, 5.74) is 1.31. The van der Waals surface area contributed by atoms with Gasteiger partial charge in [-0.2, -0.15) is 0 Å². The number of pyridine rings is 1. The average Bonchev–Trinajstić information content (AvgIpc) is 2.46. The Labute approximate surface area is 108 Å². The summed E-state index contributed by atoms with van der Waals surface area (Å²) < 4.78 is 4.67. The maximum Gasteiger partial charge on any atom is 0.338 e. The third-order valence-corrected chi connectivity index (χ3v) is 2.61. The van der Waals surface area contributed by atoms with Gasteiger partial charge in [-0.05, 0) is 23.8 Å². The van der Waals surface area contributed by atoms with Crippen molar-refractivity contribution >= 4 is 11.7 Å². The third-order valence-electron chi connectivity index (χ3n) is 2.61. The van der Waals surface area contributed by atoms with Crippen LogP contribution in [0.1, 0.15) is 10.4 Å². The number of rotatable bonds is 3. The molecule has 0 fully saturated rings.